The molecule has 1 fully saturated rings. The molecule has 8 nitrogen and oxygen atoms in total. The monoisotopic (exact) mass is 293 g/mol. The first-order valence-corrected chi connectivity index (χ1v) is 6.43. The van der Waals surface area contributed by atoms with E-state index < -0.39 is 0 Å². The van der Waals surface area contributed by atoms with Crippen molar-refractivity contribution in [3.8, 4) is 0 Å². The van der Waals surface area contributed by atoms with Gasteiger partial charge in [0.25, 0.3) is 0 Å². The lowest BCUT2D eigenvalue weighted by molar-refractivity contribution is -0.129. The normalized spacial score (nSPS) is 13.4. The van der Waals surface area contributed by atoms with E-state index in [0.717, 1.165) is 0 Å². The minimum absolute atomic E-state index is 0. The Kier molecular flexibility index (Phi) is 16.5. The molecule has 20 heavy (non-hydrogen) atoms. The van der Waals surface area contributed by atoms with E-state index in [1.165, 1.54) is 0 Å². The van der Waals surface area contributed by atoms with Crippen molar-refractivity contribution in [1.82, 2.24) is 5.32 Å². The second-order valence-corrected chi connectivity index (χ2v) is 3.90. The van der Waals surface area contributed by atoms with Crippen LogP contribution in [0.5, 0.6) is 0 Å². The van der Waals surface area contributed by atoms with E-state index in [4.69, 9.17) is 21.7 Å². The maximum atomic E-state index is 10.4. The third-order valence-electron chi connectivity index (χ3n) is 2.08. The van der Waals surface area contributed by atoms with Crippen molar-refractivity contribution in [2.24, 2.45) is 11.5 Å². The fraction of sp³-hybridized carbons (Fsp3) is 0.750. The molecule has 0 unspecified atom stereocenters. The Morgan fingerprint density at radius 1 is 1.20 bits per heavy atom. The number of hydrogen-bond acceptors (Lipinski definition) is 7. The predicted molar refractivity (Wildman–Crippen MR) is 75.9 cm³/mol. The largest absolute Gasteiger partial charge is 0.396 e. The third-order valence-corrected chi connectivity index (χ3v) is 2.08. The summed E-state index contributed by atoms with van der Waals surface area (Å²) < 4.78 is 0. The quantitative estimate of drug-likeness (QED) is 0.390. The van der Waals surface area contributed by atoms with Gasteiger partial charge in [-0.15, -0.1) is 0 Å². The maximum absolute atomic E-state index is 10.4. The number of aliphatic hydroxyl groups excluding tert-OH is 2. The third kappa shape index (κ3) is 16.6. The summed E-state index contributed by atoms with van der Waals surface area (Å²) in [7, 11) is 0. The smallest absolute Gasteiger partial charge is 0.220 e. The van der Waals surface area contributed by atoms with Gasteiger partial charge in [0.15, 0.2) is 5.78 Å². The summed E-state index contributed by atoms with van der Waals surface area (Å²) >= 11 is 0. The Morgan fingerprint density at radius 3 is 2.10 bits per heavy atom. The fourth-order valence-electron chi connectivity index (χ4n) is 1.01. The number of nitrogens with one attached hydrogen (secondary N) is 1. The summed E-state index contributed by atoms with van der Waals surface area (Å²) in [6, 6.07) is 0. The molecule has 0 radical (unpaired) electrons. The average molecular weight is 293 g/mol. The van der Waals surface area contributed by atoms with Gasteiger partial charge in [0, 0.05) is 33.8 Å². The number of rotatable bonds is 5. The first-order valence-electron chi connectivity index (χ1n) is 6.43. The van der Waals surface area contributed by atoms with Crippen LogP contribution in [0.3, 0.4) is 0 Å². The van der Waals surface area contributed by atoms with E-state index in [9.17, 15) is 14.4 Å². The van der Waals surface area contributed by atoms with Gasteiger partial charge >= 0.3 is 0 Å². The lowest BCUT2D eigenvalue weighted by Crippen LogP contribution is -2.34. The number of carbonyl (C=O) groups excluding carboxylic acids is 3. The van der Waals surface area contributed by atoms with Crippen LogP contribution in [-0.4, -0.2) is 60.5 Å². The lowest BCUT2D eigenvalue weighted by atomic mass is 10.1. The van der Waals surface area contributed by atoms with Crippen molar-refractivity contribution in [1.29, 1.82) is 0 Å². The van der Waals surface area contributed by atoms with E-state index in [2.05, 4.69) is 5.32 Å². The number of nitrogens with two attached hydrogens (primary N) is 2. The van der Waals surface area contributed by atoms with Crippen LogP contribution in [0.4, 0.5) is 0 Å². The maximum Gasteiger partial charge on any atom is 0.220 e. The second kappa shape index (κ2) is 15.7. The molecule has 0 saturated carbocycles. The molecule has 1 heterocycles. The number of amides is 1. The molecule has 1 amide bonds. The average Bonchev–Trinajstić information content (AvgIpc) is 2.48. The van der Waals surface area contributed by atoms with Gasteiger partial charge in [-0.3, -0.25) is 14.4 Å². The first kappa shape index (κ1) is 21.0. The zero-order valence-corrected chi connectivity index (χ0v) is 11.6. The first-order chi connectivity index (χ1) is 9.51. The van der Waals surface area contributed by atoms with Crippen LogP contribution < -0.4 is 16.8 Å². The minimum atomic E-state index is -0.00963. The predicted octanol–water partition coefficient (Wildman–Crippen LogP) is -2.06. The van der Waals surface area contributed by atoms with E-state index >= 15 is 0 Å². The van der Waals surface area contributed by atoms with E-state index in [1.807, 2.05) is 0 Å². The molecule has 7 N–H and O–H groups in total. The Bertz CT molecular complexity index is 260. The van der Waals surface area contributed by atoms with Crippen LogP contribution in [0.1, 0.15) is 27.1 Å². The van der Waals surface area contributed by atoms with Gasteiger partial charge in [-0.2, -0.15) is 0 Å². The molecule has 120 valence electrons. The van der Waals surface area contributed by atoms with Gasteiger partial charge in [-0.05, 0) is 6.42 Å². The highest BCUT2D eigenvalue weighted by molar-refractivity contribution is 5.92. The van der Waals surface area contributed by atoms with Crippen molar-refractivity contribution in [3.05, 3.63) is 0 Å². The Balaban J connectivity index is -0.000000239. The molecule has 1 aliphatic heterocycles. The van der Waals surface area contributed by atoms with Gasteiger partial charge in [-0.25, -0.2) is 0 Å². The summed E-state index contributed by atoms with van der Waals surface area (Å²) in [5, 5.41) is 18.4. The molecule has 0 aromatic carbocycles. The zero-order valence-electron chi connectivity index (χ0n) is 11.6. The molecule has 0 atom stereocenters. The summed E-state index contributed by atoms with van der Waals surface area (Å²) in [4.78, 5) is 31.1. The molecule has 0 bridgehead atoms. The summed E-state index contributed by atoms with van der Waals surface area (Å²) in [6.07, 6.45) is 1.74. The highest BCUT2D eigenvalue weighted by Gasteiger charge is 2.12. The molecular formula is C12H27N3O5. The second-order valence-electron chi connectivity index (χ2n) is 3.90. The van der Waals surface area contributed by atoms with Crippen molar-refractivity contribution in [3.63, 3.8) is 0 Å². The SMILES string of the molecule is NCC(=O)CCCO.NCCO.O=C1CCC(=O)NC1.[HH]. The molecule has 0 aliphatic carbocycles. The van der Waals surface area contributed by atoms with Crippen molar-refractivity contribution < 1.29 is 26.0 Å². The van der Waals surface area contributed by atoms with Crippen molar-refractivity contribution in [2.45, 2.75) is 25.7 Å². The minimum Gasteiger partial charge on any atom is -0.396 e. The van der Waals surface area contributed by atoms with Crippen LogP contribution in [0.25, 0.3) is 0 Å². The number of aliphatic hydroxyl groups is 2. The summed E-state index contributed by atoms with van der Waals surface area (Å²) in [5.74, 6) is 0.133. The number of hydrogen-bond donors (Lipinski definition) is 5. The molecule has 8 heteroatoms. The molecule has 0 aromatic rings. The Hall–Kier alpha value is -1.35. The van der Waals surface area contributed by atoms with Gasteiger partial charge in [0.1, 0.15) is 5.78 Å². The highest BCUT2D eigenvalue weighted by atomic mass is 16.3. The fourth-order valence-corrected chi connectivity index (χ4v) is 1.01. The Labute approximate surface area is 120 Å². The Morgan fingerprint density at radius 2 is 1.80 bits per heavy atom. The van der Waals surface area contributed by atoms with E-state index in [0.29, 0.717) is 32.2 Å². The number of piperidine rings is 1. The van der Waals surface area contributed by atoms with Crippen LogP contribution in [-0.2, 0) is 14.4 Å². The zero-order chi connectivity index (χ0) is 15.8. The molecule has 1 saturated heterocycles. The molecular weight excluding hydrogens is 266 g/mol. The topological polar surface area (TPSA) is 156 Å². The van der Waals surface area contributed by atoms with E-state index in [-0.39, 0.29) is 45.2 Å². The van der Waals surface area contributed by atoms with Crippen molar-refractivity contribution >= 4 is 17.5 Å². The van der Waals surface area contributed by atoms with Crippen LogP contribution in [0.15, 0.2) is 0 Å². The number of Topliss-reactive ketones (excluding diaryl/α,β-unsaturated/α-hetero) is 2. The highest BCUT2D eigenvalue weighted by Crippen LogP contribution is 1.95. The number of carbonyl (C=O) groups is 3. The van der Waals surface area contributed by atoms with Crippen LogP contribution >= 0.6 is 0 Å². The molecule has 0 aromatic heterocycles. The summed E-state index contributed by atoms with van der Waals surface area (Å²) in [5.41, 5.74) is 9.76. The summed E-state index contributed by atoms with van der Waals surface area (Å²) in [6.45, 7) is 0.880. The van der Waals surface area contributed by atoms with Gasteiger partial charge < -0.3 is 27.0 Å². The van der Waals surface area contributed by atoms with E-state index in [1.54, 1.807) is 0 Å². The number of ketones is 2. The van der Waals surface area contributed by atoms with Gasteiger partial charge in [0.2, 0.25) is 5.91 Å². The van der Waals surface area contributed by atoms with Crippen LogP contribution in [0.2, 0.25) is 0 Å². The molecule has 0 spiro atoms. The lowest BCUT2D eigenvalue weighted by Gasteiger charge is -2.08. The van der Waals surface area contributed by atoms with Crippen LogP contribution in [0, 0.1) is 0 Å². The standard InChI is InChI=1S/C5H7NO2.C5H11NO2.C2H7NO.H2/c7-4-1-2-5(8)6-3-4;6-4-5(8)2-1-3-7;3-1-2-4;/h1-3H2,(H,6,8);7H,1-4,6H2;4H,1-3H2;1H. The van der Waals surface area contributed by atoms with Gasteiger partial charge in [0.05, 0.1) is 19.7 Å². The van der Waals surface area contributed by atoms with Crippen molar-refractivity contribution in [2.75, 3.05) is 32.8 Å². The molecule has 1 rings (SSSR count). The molecule has 1 aliphatic rings. The van der Waals surface area contributed by atoms with Gasteiger partial charge in [-0.1, -0.05) is 0 Å².